The van der Waals surface area contributed by atoms with Gasteiger partial charge in [0.15, 0.2) is 18.1 Å². The molecule has 1 heterocycles. The highest BCUT2D eigenvalue weighted by atomic mass is 19.4. The largest absolute Gasteiger partial charge is 0.490 e. The summed E-state index contributed by atoms with van der Waals surface area (Å²) in [5, 5.41) is 0. The molecule has 0 aromatic heterocycles. The van der Waals surface area contributed by atoms with Gasteiger partial charge in [0.1, 0.15) is 0 Å². The van der Waals surface area contributed by atoms with Crippen LogP contribution in [-0.2, 0) is 12.8 Å². The number of hydrogen-bond donors (Lipinski definition) is 1. The molecule has 1 amide bonds. The van der Waals surface area contributed by atoms with Gasteiger partial charge >= 0.3 is 6.18 Å². The number of nitrogens with two attached hydrogens (primary N) is 1. The lowest BCUT2D eigenvalue weighted by molar-refractivity contribution is -0.153. The Morgan fingerprint density at radius 2 is 1.86 bits per heavy atom. The van der Waals surface area contributed by atoms with Crippen LogP contribution in [0.5, 0.6) is 11.5 Å². The topological polar surface area (TPSA) is 64.8 Å². The number of amides is 1. The Hall–Kier alpha value is -2.90. The predicted octanol–water partition coefficient (Wildman–Crippen LogP) is 5.93. The molecule has 3 rings (SSSR count). The summed E-state index contributed by atoms with van der Waals surface area (Å²) in [5.74, 6) is 0.343. The molecule has 1 aliphatic rings. The Morgan fingerprint density at radius 1 is 1.14 bits per heavy atom. The third-order valence-electron chi connectivity index (χ3n) is 6.19. The quantitative estimate of drug-likeness (QED) is 0.352. The SMILES string of the molecule is CCCCN1CCc2cc(C[C@@H](C)CCCOc3ccccc3OCC(F)(F)F)cc(C(N)=O)c21. The number of alkyl halides is 3. The van der Waals surface area contributed by atoms with Crippen molar-refractivity contribution >= 4 is 11.6 Å². The van der Waals surface area contributed by atoms with E-state index < -0.39 is 12.8 Å². The third kappa shape index (κ3) is 7.80. The summed E-state index contributed by atoms with van der Waals surface area (Å²) in [7, 11) is 0. The smallest absolute Gasteiger partial charge is 0.422 e. The van der Waals surface area contributed by atoms with Gasteiger partial charge in [0.2, 0.25) is 0 Å². The van der Waals surface area contributed by atoms with Crippen LogP contribution in [0, 0.1) is 5.92 Å². The van der Waals surface area contributed by atoms with Gasteiger partial charge in [0.25, 0.3) is 5.91 Å². The summed E-state index contributed by atoms with van der Waals surface area (Å²) in [4.78, 5) is 14.5. The lowest BCUT2D eigenvalue weighted by atomic mass is 9.93. The standard InChI is InChI=1S/C27H35F3N2O3/c1-3-4-12-32-13-11-21-16-20(17-22(25(21)32)26(31)33)15-19(2)8-7-14-34-23-9-5-6-10-24(23)35-18-27(28,29)30/h5-6,9-10,16-17,19H,3-4,7-8,11-15,18H2,1-2H3,(H2,31,33)/t19-/m0/s1. The molecule has 1 aliphatic heterocycles. The van der Waals surface area contributed by atoms with E-state index in [9.17, 15) is 18.0 Å². The monoisotopic (exact) mass is 492 g/mol. The maximum atomic E-state index is 12.5. The van der Waals surface area contributed by atoms with Crippen molar-refractivity contribution in [3.8, 4) is 11.5 Å². The molecule has 0 fully saturated rings. The summed E-state index contributed by atoms with van der Waals surface area (Å²) < 4.78 is 48.0. The van der Waals surface area contributed by atoms with Gasteiger partial charge in [0.05, 0.1) is 17.9 Å². The van der Waals surface area contributed by atoms with E-state index in [2.05, 4.69) is 24.8 Å². The van der Waals surface area contributed by atoms with Gasteiger partial charge in [-0.1, -0.05) is 38.5 Å². The number of rotatable bonds is 13. The van der Waals surface area contributed by atoms with E-state index in [1.165, 1.54) is 11.6 Å². The van der Waals surface area contributed by atoms with Crippen LogP contribution in [0.15, 0.2) is 36.4 Å². The van der Waals surface area contributed by atoms with Crippen molar-refractivity contribution in [1.82, 2.24) is 0 Å². The molecule has 0 saturated carbocycles. The predicted molar refractivity (Wildman–Crippen MR) is 131 cm³/mol. The number of fused-ring (bicyclic) bond motifs is 1. The molecule has 192 valence electrons. The van der Waals surface area contributed by atoms with Crippen LogP contribution in [0.4, 0.5) is 18.9 Å². The Bertz CT molecular complexity index is 994. The van der Waals surface area contributed by atoms with Gasteiger partial charge in [-0.3, -0.25) is 4.79 Å². The van der Waals surface area contributed by atoms with Crippen molar-refractivity contribution in [1.29, 1.82) is 0 Å². The van der Waals surface area contributed by atoms with Gasteiger partial charge in [-0.05, 0) is 67.3 Å². The first-order chi connectivity index (χ1) is 16.7. The van der Waals surface area contributed by atoms with Gasteiger partial charge in [-0.25, -0.2) is 0 Å². The second-order valence-electron chi connectivity index (χ2n) is 9.26. The number of hydrogen-bond acceptors (Lipinski definition) is 4. The van der Waals surface area contributed by atoms with E-state index >= 15 is 0 Å². The van der Waals surface area contributed by atoms with Gasteiger partial charge in [-0.2, -0.15) is 13.2 Å². The van der Waals surface area contributed by atoms with E-state index in [-0.39, 0.29) is 11.7 Å². The summed E-state index contributed by atoms with van der Waals surface area (Å²) >= 11 is 0. The zero-order valence-corrected chi connectivity index (χ0v) is 20.5. The second-order valence-corrected chi connectivity index (χ2v) is 9.26. The average Bonchev–Trinajstić information content (AvgIpc) is 3.21. The number of anilines is 1. The van der Waals surface area contributed by atoms with E-state index in [1.807, 2.05) is 6.07 Å². The number of para-hydroxylation sites is 2. The molecule has 0 spiro atoms. The summed E-state index contributed by atoms with van der Waals surface area (Å²) in [5.41, 5.74) is 9.64. The number of carbonyl (C=O) groups is 1. The molecule has 35 heavy (non-hydrogen) atoms. The Kier molecular flexibility index (Phi) is 9.29. The van der Waals surface area contributed by atoms with E-state index in [0.29, 0.717) is 23.8 Å². The minimum atomic E-state index is -4.40. The molecule has 2 N–H and O–H groups in total. The highest BCUT2D eigenvalue weighted by molar-refractivity contribution is 6.00. The number of unbranched alkanes of at least 4 members (excludes halogenated alkanes) is 1. The molecule has 0 unspecified atom stereocenters. The molecule has 0 saturated heterocycles. The fraction of sp³-hybridized carbons (Fsp3) is 0.519. The normalized spacial score (nSPS) is 14.0. The minimum Gasteiger partial charge on any atom is -0.490 e. The highest BCUT2D eigenvalue weighted by Gasteiger charge is 2.29. The van der Waals surface area contributed by atoms with Crippen molar-refractivity contribution in [2.45, 2.75) is 58.5 Å². The molecule has 2 aromatic carbocycles. The summed E-state index contributed by atoms with van der Waals surface area (Å²) in [6, 6.07) is 10.5. The van der Waals surface area contributed by atoms with Crippen molar-refractivity contribution in [2.75, 3.05) is 31.2 Å². The number of halogens is 3. The van der Waals surface area contributed by atoms with Gasteiger partial charge in [0, 0.05) is 13.1 Å². The second kappa shape index (κ2) is 12.2. The number of primary amides is 1. The van der Waals surface area contributed by atoms with Crippen LogP contribution < -0.4 is 20.1 Å². The molecule has 2 aromatic rings. The Labute approximate surface area is 205 Å². The van der Waals surface area contributed by atoms with Crippen molar-refractivity contribution in [3.63, 3.8) is 0 Å². The van der Waals surface area contributed by atoms with E-state index in [4.69, 9.17) is 15.2 Å². The summed E-state index contributed by atoms with van der Waals surface area (Å²) in [6.07, 6.45) is 1.13. The van der Waals surface area contributed by atoms with Crippen molar-refractivity contribution in [3.05, 3.63) is 53.1 Å². The number of nitrogens with zero attached hydrogens (tertiary/aromatic N) is 1. The van der Waals surface area contributed by atoms with Gasteiger partial charge < -0.3 is 20.1 Å². The van der Waals surface area contributed by atoms with Crippen LogP contribution in [-0.4, -0.2) is 38.4 Å². The van der Waals surface area contributed by atoms with Crippen molar-refractivity contribution in [2.24, 2.45) is 11.7 Å². The van der Waals surface area contributed by atoms with Crippen LogP contribution in [0.2, 0.25) is 0 Å². The maximum Gasteiger partial charge on any atom is 0.422 e. The maximum absolute atomic E-state index is 12.5. The zero-order chi connectivity index (χ0) is 25.4. The van der Waals surface area contributed by atoms with E-state index in [0.717, 1.165) is 62.9 Å². The number of carbonyl (C=O) groups excluding carboxylic acids is 1. The molecule has 0 radical (unpaired) electrons. The zero-order valence-electron chi connectivity index (χ0n) is 20.5. The van der Waals surface area contributed by atoms with Crippen LogP contribution >= 0.6 is 0 Å². The first-order valence-electron chi connectivity index (χ1n) is 12.3. The van der Waals surface area contributed by atoms with Gasteiger partial charge in [-0.15, -0.1) is 0 Å². The van der Waals surface area contributed by atoms with Crippen molar-refractivity contribution < 1.29 is 27.4 Å². The molecular formula is C27H35F3N2O3. The fourth-order valence-electron chi connectivity index (χ4n) is 4.54. The average molecular weight is 493 g/mol. The van der Waals surface area contributed by atoms with Crippen LogP contribution in [0.1, 0.15) is 61.0 Å². The first kappa shape index (κ1) is 26.7. The molecule has 0 bridgehead atoms. The van der Waals surface area contributed by atoms with Crippen LogP contribution in [0.3, 0.4) is 0 Å². The minimum absolute atomic E-state index is 0.0861. The van der Waals surface area contributed by atoms with Crippen LogP contribution in [0.25, 0.3) is 0 Å². The third-order valence-corrected chi connectivity index (χ3v) is 6.19. The first-order valence-corrected chi connectivity index (χ1v) is 12.3. The summed E-state index contributed by atoms with van der Waals surface area (Å²) in [6.45, 7) is 5.17. The highest BCUT2D eigenvalue weighted by Crippen LogP contribution is 2.34. The molecule has 8 heteroatoms. The molecule has 1 atom stereocenters. The molecule has 0 aliphatic carbocycles. The number of benzene rings is 2. The fourth-order valence-corrected chi connectivity index (χ4v) is 4.54. The lowest BCUT2D eigenvalue weighted by Crippen LogP contribution is -2.25. The number of ether oxygens (including phenoxy) is 2. The van der Waals surface area contributed by atoms with E-state index in [1.54, 1.807) is 18.2 Å². The molecular weight excluding hydrogens is 457 g/mol. The molecule has 5 nitrogen and oxygen atoms in total. The Balaban J connectivity index is 1.53. The lowest BCUT2D eigenvalue weighted by Gasteiger charge is -2.22. The Morgan fingerprint density at radius 3 is 2.51 bits per heavy atom.